The number of carbonyl (C=O) groups excluding carboxylic acids is 1. The molecule has 0 bridgehead atoms. The van der Waals surface area contributed by atoms with Crippen molar-refractivity contribution < 1.29 is 26.4 Å². The van der Waals surface area contributed by atoms with Crippen molar-refractivity contribution in [1.82, 2.24) is 0 Å². The van der Waals surface area contributed by atoms with Gasteiger partial charge in [0.2, 0.25) is 0 Å². The second-order valence-electron chi connectivity index (χ2n) is 5.35. The lowest BCUT2D eigenvalue weighted by atomic mass is 10.1. The molecular weight excluding hydrogens is 352 g/mol. The standard InChI is InChI=1S/C16H14O6S2/c1-22-16-11(9-17)7-8-13-15(16)14(10-23(13,18)19)24(20,21)12-5-3-2-4-6-12/h2-9,14H,10H2,1H3. The first-order chi connectivity index (χ1) is 11.3. The van der Waals surface area contributed by atoms with Crippen molar-refractivity contribution in [3.63, 3.8) is 0 Å². The average Bonchev–Trinajstić information content (AvgIpc) is 2.87. The quantitative estimate of drug-likeness (QED) is 0.766. The number of hydrogen-bond acceptors (Lipinski definition) is 6. The summed E-state index contributed by atoms with van der Waals surface area (Å²) in [5, 5.41) is -1.31. The van der Waals surface area contributed by atoms with Crippen LogP contribution in [0.15, 0.2) is 52.3 Å². The minimum absolute atomic E-state index is 0.00641. The van der Waals surface area contributed by atoms with Gasteiger partial charge in [-0.25, -0.2) is 16.8 Å². The molecule has 3 rings (SSSR count). The molecule has 1 aliphatic heterocycles. The van der Waals surface area contributed by atoms with Crippen molar-refractivity contribution in [3.8, 4) is 5.75 Å². The molecule has 1 heterocycles. The van der Waals surface area contributed by atoms with Gasteiger partial charge in [-0.05, 0) is 24.3 Å². The molecule has 8 heteroatoms. The van der Waals surface area contributed by atoms with Crippen LogP contribution in [0.25, 0.3) is 0 Å². The Balaban J connectivity index is 2.31. The molecule has 6 nitrogen and oxygen atoms in total. The van der Waals surface area contributed by atoms with Crippen LogP contribution in [-0.4, -0.2) is 36.0 Å². The molecule has 0 fully saturated rings. The number of fused-ring (bicyclic) bond motifs is 1. The molecule has 0 radical (unpaired) electrons. The number of carbonyl (C=O) groups is 1. The first kappa shape index (κ1) is 16.7. The Morgan fingerprint density at radius 3 is 2.38 bits per heavy atom. The molecule has 1 unspecified atom stereocenters. The van der Waals surface area contributed by atoms with Gasteiger partial charge in [0.05, 0.1) is 28.2 Å². The van der Waals surface area contributed by atoms with Crippen molar-refractivity contribution in [3.05, 3.63) is 53.6 Å². The van der Waals surface area contributed by atoms with Gasteiger partial charge in [-0.15, -0.1) is 0 Å². The summed E-state index contributed by atoms with van der Waals surface area (Å²) in [5.41, 5.74) is 0.146. The van der Waals surface area contributed by atoms with E-state index in [0.29, 0.717) is 6.29 Å². The fourth-order valence-electron chi connectivity index (χ4n) is 2.89. The summed E-state index contributed by atoms with van der Waals surface area (Å²) in [6, 6.07) is 10.2. The predicted octanol–water partition coefficient (Wildman–Crippen LogP) is 1.81. The predicted molar refractivity (Wildman–Crippen MR) is 86.8 cm³/mol. The highest BCUT2D eigenvalue weighted by Crippen LogP contribution is 2.46. The first-order valence-corrected chi connectivity index (χ1v) is 10.2. The Bertz CT molecular complexity index is 1010. The molecule has 0 spiro atoms. The van der Waals surface area contributed by atoms with Crippen LogP contribution in [0, 0.1) is 0 Å². The number of methoxy groups -OCH3 is 1. The highest BCUT2D eigenvalue weighted by atomic mass is 32.2. The molecule has 0 saturated heterocycles. The van der Waals surface area contributed by atoms with Gasteiger partial charge in [0, 0.05) is 5.56 Å². The van der Waals surface area contributed by atoms with Crippen molar-refractivity contribution in [2.75, 3.05) is 12.9 Å². The fraction of sp³-hybridized carbons (Fsp3) is 0.188. The third-order valence-corrected chi connectivity index (χ3v) is 8.08. The minimum atomic E-state index is -3.96. The van der Waals surface area contributed by atoms with Crippen molar-refractivity contribution >= 4 is 26.0 Å². The summed E-state index contributed by atoms with van der Waals surface area (Å²) in [6.07, 6.45) is 0.510. The fourth-order valence-corrected chi connectivity index (χ4v) is 7.21. The Hall–Kier alpha value is -2.19. The van der Waals surface area contributed by atoms with Crippen LogP contribution in [0.1, 0.15) is 21.2 Å². The lowest BCUT2D eigenvalue weighted by Crippen LogP contribution is -2.16. The zero-order chi connectivity index (χ0) is 17.5. The van der Waals surface area contributed by atoms with Crippen LogP contribution in [-0.2, 0) is 19.7 Å². The van der Waals surface area contributed by atoms with Crippen LogP contribution in [0.2, 0.25) is 0 Å². The normalized spacial score (nSPS) is 18.8. The Labute approximate surface area is 139 Å². The highest BCUT2D eigenvalue weighted by Gasteiger charge is 2.45. The molecule has 0 N–H and O–H groups in total. The average molecular weight is 366 g/mol. The zero-order valence-electron chi connectivity index (χ0n) is 12.7. The molecule has 126 valence electrons. The van der Waals surface area contributed by atoms with E-state index in [2.05, 4.69) is 0 Å². The van der Waals surface area contributed by atoms with Crippen LogP contribution >= 0.6 is 0 Å². The Morgan fingerprint density at radius 2 is 1.79 bits per heavy atom. The van der Waals surface area contributed by atoms with E-state index in [9.17, 15) is 21.6 Å². The number of sulfone groups is 2. The second-order valence-corrected chi connectivity index (χ2v) is 9.48. The van der Waals surface area contributed by atoms with Gasteiger partial charge >= 0.3 is 0 Å². The lowest BCUT2D eigenvalue weighted by Gasteiger charge is -2.16. The van der Waals surface area contributed by atoms with E-state index in [1.807, 2.05) is 0 Å². The van der Waals surface area contributed by atoms with Gasteiger partial charge in [0.25, 0.3) is 0 Å². The van der Waals surface area contributed by atoms with E-state index < -0.39 is 30.7 Å². The number of ether oxygens (including phenoxy) is 1. The third kappa shape index (κ3) is 2.42. The van der Waals surface area contributed by atoms with Gasteiger partial charge in [-0.3, -0.25) is 4.79 Å². The topological polar surface area (TPSA) is 94.6 Å². The van der Waals surface area contributed by atoms with Gasteiger partial charge in [-0.2, -0.15) is 0 Å². The van der Waals surface area contributed by atoms with Crippen LogP contribution in [0.5, 0.6) is 5.75 Å². The summed E-state index contributed by atoms with van der Waals surface area (Å²) in [5.74, 6) is -0.578. The molecule has 1 atom stereocenters. The lowest BCUT2D eigenvalue weighted by molar-refractivity contribution is 0.112. The minimum Gasteiger partial charge on any atom is -0.496 e. The summed E-state index contributed by atoms with van der Waals surface area (Å²) >= 11 is 0. The highest BCUT2D eigenvalue weighted by molar-refractivity contribution is 7.96. The van der Waals surface area contributed by atoms with E-state index in [-0.39, 0.29) is 26.7 Å². The number of benzene rings is 2. The first-order valence-electron chi connectivity index (χ1n) is 7.00. The molecule has 24 heavy (non-hydrogen) atoms. The van der Waals surface area contributed by atoms with E-state index in [0.717, 1.165) is 0 Å². The zero-order valence-corrected chi connectivity index (χ0v) is 14.3. The van der Waals surface area contributed by atoms with Crippen molar-refractivity contribution in [1.29, 1.82) is 0 Å². The third-order valence-electron chi connectivity index (χ3n) is 3.99. The molecular formula is C16H14O6S2. The molecule has 1 aliphatic rings. The SMILES string of the molecule is COc1c(C=O)ccc2c1C(S(=O)(=O)c1ccccc1)CS2(=O)=O. The monoisotopic (exact) mass is 366 g/mol. The van der Waals surface area contributed by atoms with Crippen molar-refractivity contribution in [2.24, 2.45) is 0 Å². The van der Waals surface area contributed by atoms with Gasteiger partial charge in [-0.1, -0.05) is 18.2 Å². The van der Waals surface area contributed by atoms with E-state index in [4.69, 9.17) is 4.74 Å². The molecule has 0 aromatic heterocycles. The summed E-state index contributed by atoms with van der Waals surface area (Å²) in [6.45, 7) is 0. The van der Waals surface area contributed by atoms with Crippen molar-refractivity contribution in [2.45, 2.75) is 15.0 Å². The van der Waals surface area contributed by atoms with Crippen LogP contribution in [0.3, 0.4) is 0 Å². The molecule has 2 aromatic rings. The van der Waals surface area contributed by atoms with E-state index in [1.165, 1.54) is 31.4 Å². The second kappa shape index (κ2) is 5.71. The number of aldehydes is 1. The van der Waals surface area contributed by atoms with Gasteiger partial charge in [0.1, 0.15) is 11.0 Å². The molecule has 0 amide bonds. The Morgan fingerprint density at radius 1 is 1.12 bits per heavy atom. The van der Waals surface area contributed by atoms with Crippen LogP contribution in [0.4, 0.5) is 0 Å². The largest absolute Gasteiger partial charge is 0.496 e. The summed E-state index contributed by atoms with van der Waals surface area (Å²) < 4.78 is 55.9. The van der Waals surface area contributed by atoms with Gasteiger partial charge in [0.15, 0.2) is 26.0 Å². The van der Waals surface area contributed by atoms with E-state index in [1.54, 1.807) is 18.2 Å². The Kier molecular flexibility index (Phi) is 3.97. The molecule has 0 saturated carbocycles. The van der Waals surface area contributed by atoms with Crippen LogP contribution < -0.4 is 4.74 Å². The maximum Gasteiger partial charge on any atom is 0.186 e. The smallest absolute Gasteiger partial charge is 0.186 e. The number of rotatable bonds is 4. The van der Waals surface area contributed by atoms with E-state index >= 15 is 0 Å². The molecule has 0 aliphatic carbocycles. The maximum absolute atomic E-state index is 12.9. The number of hydrogen-bond donors (Lipinski definition) is 0. The molecule has 2 aromatic carbocycles. The maximum atomic E-state index is 12.9. The summed E-state index contributed by atoms with van der Waals surface area (Å²) in [7, 11) is -6.46. The van der Waals surface area contributed by atoms with Gasteiger partial charge < -0.3 is 4.74 Å². The summed E-state index contributed by atoms with van der Waals surface area (Å²) in [4.78, 5) is 11.1.